The summed E-state index contributed by atoms with van der Waals surface area (Å²) in [5.74, 6) is 1.37. The van der Waals surface area contributed by atoms with E-state index in [1.165, 1.54) is 19.3 Å². The Morgan fingerprint density at radius 3 is 2.61 bits per heavy atom. The smallest absolute Gasteiger partial charge is 0.251 e. The highest BCUT2D eigenvalue weighted by Crippen LogP contribution is 2.30. The van der Waals surface area contributed by atoms with Crippen molar-refractivity contribution in [1.29, 1.82) is 0 Å². The Bertz CT molecular complexity index is 1300. The molecule has 1 saturated carbocycles. The SMILES string of the molecule is COCCCn1c([C@@H]2CCCN(C(=O)C[C@H](N)Cc3ccc(C(=O)NC4CCCCC4)cc3)C2)nc2ccccc21. The number of aryl methyl sites for hydroxylation is 1. The van der Waals surface area contributed by atoms with E-state index in [4.69, 9.17) is 15.5 Å². The van der Waals surface area contributed by atoms with Gasteiger partial charge in [-0.15, -0.1) is 0 Å². The van der Waals surface area contributed by atoms with Crippen molar-refractivity contribution in [3.05, 3.63) is 65.5 Å². The molecule has 2 heterocycles. The second-order valence-electron chi connectivity index (χ2n) is 11.8. The van der Waals surface area contributed by atoms with Crippen LogP contribution in [0, 0.1) is 0 Å². The largest absolute Gasteiger partial charge is 0.385 e. The molecule has 2 aliphatic rings. The first-order valence-electron chi connectivity index (χ1n) is 15.4. The number of benzene rings is 2. The Kier molecular flexibility index (Phi) is 10.1. The standard InChI is InChI=1S/C33H45N5O3/c1-41-20-8-19-38-30-13-6-5-12-29(30)36-32(38)26-9-7-18-37(23-26)31(39)22-27(34)21-24-14-16-25(17-15-24)33(40)35-28-10-3-2-4-11-28/h5-6,12-17,26-28H,2-4,7-11,18-23,34H2,1H3,(H,35,40)/t26-,27-/m1/s1. The molecular formula is C33H45N5O3. The van der Waals surface area contributed by atoms with E-state index in [1.54, 1.807) is 7.11 Å². The third-order valence-corrected chi connectivity index (χ3v) is 8.64. The number of hydrogen-bond acceptors (Lipinski definition) is 5. The lowest BCUT2D eigenvalue weighted by Crippen LogP contribution is -2.42. The van der Waals surface area contributed by atoms with E-state index in [9.17, 15) is 9.59 Å². The summed E-state index contributed by atoms with van der Waals surface area (Å²) in [5.41, 5.74) is 10.3. The van der Waals surface area contributed by atoms with E-state index in [-0.39, 0.29) is 23.8 Å². The summed E-state index contributed by atoms with van der Waals surface area (Å²) in [6.45, 7) is 2.98. The van der Waals surface area contributed by atoms with Crippen molar-refractivity contribution in [3.8, 4) is 0 Å². The maximum atomic E-state index is 13.3. The molecule has 0 spiro atoms. The molecule has 220 valence electrons. The Balaban J connectivity index is 1.16. The number of para-hydroxylation sites is 2. The predicted octanol–water partition coefficient (Wildman–Crippen LogP) is 4.80. The average molecular weight is 560 g/mol. The lowest BCUT2D eigenvalue weighted by Gasteiger charge is -2.33. The van der Waals surface area contributed by atoms with Crippen LogP contribution in [0.5, 0.6) is 0 Å². The number of carbonyl (C=O) groups excluding carboxylic acids is 2. The first-order chi connectivity index (χ1) is 20.0. The molecule has 8 heteroatoms. The average Bonchev–Trinajstić information content (AvgIpc) is 3.37. The fraction of sp³-hybridized carbons (Fsp3) is 0.545. The minimum Gasteiger partial charge on any atom is -0.385 e. The number of methoxy groups -OCH3 is 1. The van der Waals surface area contributed by atoms with Crippen LogP contribution in [0.25, 0.3) is 11.0 Å². The van der Waals surface area contributed by atoms with Gasteiger partial charge in [-0.3, -0.25) is 9.59 Å². The zero-order chi connectivity index (χ0) is 28.6. The van der Waals surface area contributed by atoms with Gasteiger partial charge in [0.2, 0.25) is 5.91 Å². The molecule has 1 saturated heterocycles. The Morgan fingerprint density at radius 1 is 1.05 bits per heavy atom. The van der Waals surface area contributed by atoms with Crippen LogP contribution in [0.3, 0.4) is 0 Å². The second kappa shape index (κ2) is 14.1. The summed E-state index contributed by atoms with van der Waals surface area (Å²) in [6, 6.07) is 15.9. The van der Waals surface area contributed by atoms with Gasteiger partial charge in [-0.1, -0.05) is 43.5 Å². The molecule has 2 atom stereocenters. The number of rotatable bonds is 11. The van der Waals surface area contributed by atoms with Gasteiger partial charge in [-0.05, 0) is 68.4 Å². The van der Waals surface area contributed by atoms with Gasteiger partial charge in [0.15, 0.2) is 0 Å². The van der Waals surface area contributed by atoms with Crippen LogP contribution < -0.4 is 11.1 Å². The molecule has 3 N–H and O–H groups in total. The van der Waals surface area contributed by atoms with Gasteiger partial charge in [-0.25, -0.2) is 4.98 Å². The predicted molar refractivity (Wildman–Crippen MR) is 162 cm³/mol. The van der Waals surface area contributed by atoms with Crippen LogP contribution in [-0.4, -0.2) is 65.2 Å². The third kappa shape index (κ3) is 7.54. The summed E-state index contributed by atoms with van der Waals surface area (Å²) in [5, 5.41) is 3.17. The summed E-state index contributed by atoms with van der Waals surface area (Å²) < 4.78 is 7.61. The molecule has 2 fully saturated rings. The van der Waals surface area contributed by atoms with E-state index in [2.05, 4.69) is 28.1 Å². The summed E-state index contributed by atoms with van der Waals surface area (Å²) >= 11 is 0. The number of imidazole rings is 1. The van der Waals surface area contributed by atoms with Gasteiger partial charge in [-0.2, -0.15) is 0 Å². The molecule has 0 radical (unpaired) electrons. The minimum atomic E-state index is -0.275. The molecular weight excluding hydrogens is 514 g/mol. The van der Waals surface area contributed by atoms with Crippen LogP contribution in [0.1, 0.15) is 85.5 Å². The number of hydrogen-bond donors (Lipinski definition) is 2. The van der Waals surface area contributed by atoms with Crippen LogP contribution in [0.15, 0.2) is 48.5 Å². The number of likely N-dealkylation sites (tertiary alicyclic amines) is 1. The topological polar surface area (TPSA) is 102 Å². The molecule has 1 aromatic heterocycles. The summed E-state index contributed by atoms with van der Waals surface area (Å²) in [4.78, 5) is 32.9. The van der Waals surface area contributed by atoms with E-state index >= 15 is 0 Å². The second-order valence-corrected chi connectivity index (χ2v) is 11.8. The Labute approximate surface area is 243 Å². The van der Waals surface area contributed by atoms with Crippen molar-refractivity contribution in [1.82, 2.24) is 19.8 Å². The summed E-state index contributed by atoms with van der Waals surface area (Å²) in [7, 11) is 1.73. The zero-order valence-corrected chi connectivity index (χ0v) is 24.4. The molecule has 1 aliphatic heterocycles. The number of nitrogens with one attached hydrogen (secondary N) is 1. The number of carbonyl (C=O) groups is 2. The van der Waals surface area contributed by atoms with Gasteiger partial charge in [0.05, 0.1) is 11.0 Å². The lowest BCUT2D eigenvalue weighted by atomic mass is 9.95. The van der Waals surface area contributed by atoms with E-state index in [1.807, 2.05) is 35.2 Å². The Hall–Kier alpha value is -3.23. The number of nitrogens with two attached hydrogens (primary N) is 1. The zero-order valence-electron chi connectivity index (χ0n) is 24.4. The maximum absolute atomic E-state index is 13.3. The number of fused-ring (bicyclic) bond motifs is 1. The van der Waals surface area contributed by atoms with Gasteiger partial charge < -0.3 is 25.3 Å². The van der Waals surface area contributed by atoms with E-state index in [0.29, 0.717) is 37.6 Å². The number of nitrogens with zero attached hydrogens (tertiary/aromatic N) is 3. The van der Waals surface area contributed by atoms with Gasteiger partial charge >= 0.3 is 0 Å². The first kappa shape index (κ1) is 29.3. The van der Waals surface area contributed by atoms with E-state index in [0.717, 1.165) is 67.6 Å². The Morgan fingerprint density at radius 2 is 1.83 bits per heavy atom. The summed E-state index contributed by atoms with van der Waals surface area (Å²) in [6.07, 6.45) is 9.58. The van der Waals surface area contributed by atoms with Crippen LogP contribution in [-0.2, 0) is 22.5 Å². The third-order valence-electron chi connectivity index (χ3n) is 8.64. The molecule has 8 nitrogen and oxygen atoms in total. The fourth-order valence-corrected chi connectivity index (χ4v) is 6.46. The minimum absolute atomic E-state index is 0.00481. The van der Waals surface area contributed by atoms with Crippen molar-refractivity contribution in [2.45, 2.75) is 88.8 Å². The van der Waals surface area contributed by atoms with Crippen molar-refractivity contribution in [2.24, 2.45) is 5.73 Å². The van der Waals surface area contributed by atoms with Crippen LogP contribution >= 0.6 is 0 Å². The maximum Gasteiger partial charge on any atom is 0.251 e. The van der Waals surface area contributed by atoms with Gasteiger partial charge in [0.25, 0.3) is 5.91 Å². The van der Waals surface area contributed by atoms with Crippen molar-refractivity contribution >= 4 is 22.8 Å². The highest BCUT2D eigenvalue weighted by molar-refractivity contribution is 5.94. The number of ether oxygens (including phenoxy) is 1. The molecule has 41 heavy (non-hydrogen) atoms. The van der Waals surface area contributed by atoms with Gasteiger partial charge in [0.1, 0.15) is 5.82 Å². The monoisotopic (exact) mass is 559 g/mol. The molecule has 1 aliphatic carbocycles. The van der Waals surface area contributed by atoms with E-state index < -0.39 is 0 Å². The lowest BCUT2D eigenvalue weighted by molar-refractivity contribution is -0.132. The molecule has 3 aromatic rings. The fourth-order valence-electron chi connectivity index (χ4n) is 6.46. The molecule has 2 aromatic carbocycles. The molecule has 5 rings (SSSR count). The number of aromatic nitrogens is 2. The first-order valence-corrected chi connectivity index (χ1v) is 15.4. The highest BCUT2D eigenvalue weighted by atomic mass is 16.5. The van der Waals surface area contributed by atoms with Crippen LogP contribution in [0.4, 0.5) is 0 Å². The molecule has 0 bridgehead atoms. The van der Waals surface area contributed by atoms with Crippen molar-refractivity contribution in [2.75, 3.05) is 26.8 Å². The molecule has 0 unspecified atom stereocenters. The normalized spacial score (nSPS) is 18.9. The van der Waals surface area contributed by atoms with Crippen molar-refractivity contribution in [3.63, 3.8) is 0 Å². The highest BCUT2D eigenvalue weighted by Gasteiger charge is 2.29. The van der Waals surface area contributed by atoms with Crippen molar-refractivity contribution < 1.29 is 14.3 Å². The number of amides is 2. The van der Waals surface area contributed by atoms with Gasteiger partial charge in [0, 0.05) is 63.3 Å². The molecule has 2 amide bonds. The van der Waals surface area contributed by atoms with Crippen LogP contribution in [0.2, 0.25) is 0 Å². The number of piperidine rings is 1. The quantitative estimate of drug-likeness (QED) is 0.329.